The first kappa shape index (κ1) is 11.9. The predicted octanol–water partition coefficient (Wildman–Crippen LogP) is 1.90. The SMILES string of the molecule is Cn1ncnc1CC(N)C12CC3CC(CC(C3)C1)C2. The summed E-state index contributed by atoms with van der Waals surface area (Å²) in [6, 6.07) is 0.267. The molecule has 4 saturated carbocycles. The Kier molecular flexibility index (Phi) is 2.53. The van der Waals surface area contributed by atoms with Crippen LogP contribution in [0.5, 0.6) is 0 Å². The van der Waals surface area contributed by atoms with E-state index in [2.05, 4.69) is 10.1 Å². The molecule has 4 aliphatic rings. The van der Waals surface area contributed by atoms with Crippen LogP contribution in [0.3, 0.4) is 0 Å². The maximum atomic E-state index is 6.65. The third-order valence-electron chi connectivity index (χ3n) is 6.08. The standard InChI is InChI=1S/C15H24N4/c1-19-14(17-9-18-19)5-13(16)15-6-10-2-11(7-15)4-12(3-10)8-15/h9-13H,2-8,16H2,1H3. The summed E-state index contributed by atoms with van der Waals surface area (Å²) >= 11 is 0. The first-order chi connectivity index (χ1) is 9.14. The van der Waals surface area contributed by atoms with Crippen molar-refractivity contribution in [1.29, 1.82) is 0 Å². The molecule has 4 nitrogen and oxygen atoms in total. The highest BCUT2D eigenvalue weighted by Crippen LogP contribution is 2.61. The fraction of sp³-hybridized carbons (Fsp3) is 0.867. The minimum atomic E-state index is 0.267. The Bertz CT molecular complexity index is 443. The molecule has 1 heterocycles. The summed E-state index contributed by atoms with van der Waals surface area (Å²) in [4.78, 5) is 4.36. The maximum absolute atomic E-state index is 6.65. The molecule has 1 aromatic heterocycles. The minimum absolute atomic E-state index is 0.267. The van der Waals surface area contributed by atoms with E-state index in [0.717, 1.165) is 30.0 Å². The van der Waals surface area contributed by atoms with Crippen molar-refractivity contribution in [2.45, 2.75) is 51.0 Å². The lowest BCUT2D eigenvalue weighted by atomic mass is 9.47. The van der Waals surface area contributed by atoms with E-state index in [0.29, 0.717) is 5.41 Å². The summed E-state index contributed by atoms with van der Waals surface area (Å²) in [5.41, 5.74) is 7.07. The third-order valence-corrected chi connectivity index (χ3v) is 6.08. The average Bonchev–Trinajstić information content (AvgIpc) is 2.73. The monoisotopic (exact) mass is 260 g/mol. The largest absolute Gasteiger partial charge is 0.327 e. The normalized spacial score (nSPS) is 41.7. The zero-order valence-corrected chi connectivity index (χ0v) is 11.8. The number of aryl methyl sites for hydroxylation is 1. The van der Waals surface area contributed by atoms with Gasteiger partial charge in [0.2, 0.25) is 0 Å². The smallest absolute Gasteiger partial charge is 0.138 e. The van der Waals surface area contributed by atoms with Gasteiger partial charge in [-0.05, 0) is 61.7 Å². The van der Waals surface area contributed by atoms with Crippen molar-refractivity contribution in [1.82, 2.24) is 14.8 Å². The van der Waals surface area contributed by atoms with Crippen LogP contribution in [0.25, 0.3) is 0 Å². The van der Waals surface area contributed by atoms with E-state index in [1.54, 1.807) is 6.33 Å². The van der Waals surface area contributed by atoms with Crippen molar-refractivity contribution in [3.63, 3.8) is 0 Å². The second-order valence-corrected chi connectivity index (χ2v) is 7.39. The zero-order chi connectivity index (χ0) is 13.0. The van der Waals surface area contributed by atoms with Crippen LogP contribution in [0, 0.1) is 23.2 Å². The molecule has 0 amide bonds. The second-order valence-electron chi connectivity index (χ2n) is 7.39. The van der Waals surface area contributed by atoms with Crippen LogP contribution >= 0.6 is 0 Å². The van der Waals surface area contributed by atoms with Gasteiger partial charge in [-0.25, -0.2) is 4.98 Å². The van der Waals surface area contributed by atoms with Gasteiger partial charge in [0.1, 0.15) is 12.2 Å². The molecule has 0 aliphatic heterocycles. The van der Waals surface area contributed by atoms with Gasteiger partial charge in [0.25, 0.3) is 0 Å². The molecule has 4 heteroatoms. The van der Waals surface area contributed by atoms with Gasteiger partial charge in [-0.2, -0.15) is 5.10 Å². The van der Waals surface area contributed by atoms with Crippen molar-refractivity contribution in [2.24, 2.45) is 36.0 Å². The van der Waals surface area contributed by atoms with Crippen LogP contribution in [-0.4, -0.2) is 20.8 Å². The zero-order valence-electron chi connectivity index (χ0n) is 11.8. The Labute approximate surface area is 114 Å². The Morgan fingerprint density at radius 1 is 1.26 bits per heavy atom. The van der Waals surface area contributed by atoms with Crippen LogP contribution in [0.2, 0.25) is 0 Å². The van der Waals surface area contributed by atoms with Crippen molar-refractivity contribution >= 4 is 0 Å². The van der Waals surface area contributed by atoms with Crippen LogP contribution in [0.1, 0.15) is 44.3 Å². The van der Waals surface area contributed by atoms with E-state index in [-0.39, 0.29) is 6.04 Å². The maximum Gasteiger partial charge on any atom is 0.138 e. The van der Waals surface area contributed by atoms with Crippen LogP contribution in [0.15, 0.2) is 6.33 Å². The Hall–Kier alpha value is -0.900. The number of hydrogen-bond acceptors (Lipinski definition) is 3. The molecular weight excluding hydrogens is 236 g/mol. The summed E-state index contributed by atoms with van der Waals surface area (Å²) in [6.07, 6.45) is 11.1. The van der Waals surface area contributed by atoms with Crippen molar-refractivity contribution in [3.8, 4) is 0 Å². The molecule has 0 spiro atoms. The summed E-state index contributed by atoms with van der Waals surface area (Å²) in [5.74, 6) is 3.95. The van der Waals surface area contributed by atoms with Crippen molar-refractivity contribution in [3.05, 3.63) is 12.2 Å². The lowest BCUT2D eigenvalue weighted by Gasteiger charge is -2.59. The highest BCUT2D eigenvalue weighted by atomic mass is 15.3. The molecule has 19 heavy (non-hydrogen) atoms. The van der Waals surface area contributed by atoms with Gasteiger partial charge in [-0.3, -0.25) is 4.68 Å². The van der Waals surface area contributed by atoms with Gasteiger partial charge in [-0.1, -0.05) is 0 Å². The van der Waals surface area contributed by atoms with Gasteiger partial charge in [0.15, 0.2) is 0 Å². The topological polar surface area (TPSA) is 56.7 Å². The molecule has 5 rings (SSSR count). The summed E-state index contributed by atoms with van der Waals surface area (Å²) in [5, 5.41) is 4.17. The van der Waals surface area contributed by atoms with E-state index in [1.807, 2.05) is 11.7 Å². The fourth-order valence-electron chi connectivity index (χ4n) is 5.55. The molecule has 4 bridgehead atoms. The van der Waals surface area contributed by atoms with Crippen LogP contribution in [0.4, 0.5) is 0 Å². The van der Waals surface area contributed by atoms with E-state index in [9.17, 15) is 0 Å². The first-order valence-electron chi connectivity index (χ1n) is 7.73. The number of aromatic nitrogens is 3. The van der Waals surface area contributed by atoms with E-state index in [1.165, 1.54) is 38.5 Å². The Morgan fingerprint density at radius 2 is 1.84 bits per heavy atom. The summed E-state index contributed by atoms with van der Waals surface area (Å²) in [6.45, 7) is 0. The van der Waals surface area contributed by atoms with Gasteiger partial charge in [0, 0.05) is 19.5 Å². The molecule has 1 atom stereocenters. The molecule has 4 fully saturated rings. The quantitative estimate of drug-likeness (QED) is 0.903. The number of nitrogens with zero attached hydrogens (tertiary/aromatic N) is 3. The summed E-state index contributed by atoms with van der Waals surface area (Å²) in [7, 11) is 1.97. The van der Waals surface area contributed by atoms with Crippen molar-refractivity contribution in [2.75, 3.05) is 0 Å². The molecule has 0 aromatic carbocycles. The predicted molar refractivity (Wildman–Crippen MR) is 73.3 cm³/mol. The van der Waals surface area contributed by atoms with E-state index >= 15 is 0 Å². The first-order valence-corrected chi connectivity index (χ1v) is 7.73. The molecule has 1 unspecified atom stereocenters. The Balaban J connectivity index is 1.56. The molecule has 0 saturated heterocycles. The lowest BCUT2D eigenvalue weighted by molar-refractivity contribution is -0.0671. The number of hydrogen-bond donors (Lipinski definition) is 1. The Morgan fingerprint density at radius 3 is 2.32 bits per heavy atom. The summed E-state index contributed by atoms with van der Waals surface area (Å²) < 4.78 is 1.88. The molecule has 1 aromatic rings. The number of rotatable bonds is 3. The second kappa shape index (κ2) is 4.05. The molecular formula is C15H24N4. The third kappa shape index (κ3) is 1.83. The van der Waals surface area contributed by atoms with Gasteiger partial charge < -0.3 is 5.73 Å². The van der Waals surface area contributed by atoms with Crippen LogP contribution < -0.4 is 5.73 Å². The van der Waals surface area contributed by atoms with Crippen LogP contribution in [-0.2, 0) is 13.5 Å². The number of nitrogens with two attached hydrogens (primary N) is 1. The average molecular weight is 260 g/mol. The van der Waals surface area contributed by atoms with Gasteiger partial charge in [-0.15, -0.1) is 0 Å². The lowest BCUT2D eigenvalue weighted by Crippen LogP contribution is -2.55. The fourth-order valence-corrected chi connectivity index (χ4v) is 5.55. The van der Waals surface area contributed by atoms with E-state index < -0.39 is 0 Å². The molecule has 4 aliphatic carbocycles. The molecule has 104 valence electrons. The van der Waals surface area contributed by atoms with Gasteiger partial charge in [0.05, 0.1) is 0 Å². The van der Waals surface area contributed by atoms with E-state index in [4.69, 9.17) is 5.73 Å². The van der Waals surface area contributed by atoms with Gasteiger partial charge >= 0.3 is 0 Å². The highest BCUT2D eigenvalue weighted by molar-refractivity contribution is 5.07. The van der Waals surface area contributed by atoms with Crippen molar-refractivity contribution < 1.29 is 0 Å². The minimum Gasteiger partial charge on any atom is -0.327 e. The molecule has 0 radical (unpaired) electrons. The highest BCUT2D eigenvalue weighted by Gasteiger charge is 2.53. The molecule has 2 N–H and O–H groups in total.